The second-order valence-corrected chi connectivity index (χ2v) is 12.8. The largest absolute Gasteiger partial charge is 0.416 e. The minimum absolute atomic E-state index is 0.0114. The number of nitrogens with zero attached hydrogens (tertiary/aromatic N) is 2. The molecule has 1 saturated heterocycles. The Hall–Kier alpha value is -3.91. The topological polar surface area (TPSA) is 122 Å². The van der Waals surface area contributed by atoms with Gasteiger partial charge in [-0.1, -0.05) is 12.1 Å². The SMILES string of the molecule is O=C(NCc1ccc(S(=O)(=O)CC=CN2CCC(Nc3cccc(C(F)(F)F)c3)CC2)s1)c1ccc([N+](=O)[O-])cc1. The number of sulfone groups is 1. The number of amides is 1. The highest BCUT2D eigenvalue weighted by Gasteiger charge is 2.30. The van der Waals surface area contributed by atoms with Crippen molar-refractivity contribution in [3.05, 3.63) is 99.1 Å². The molecule has 0 unspecified atom stereocenters. The number of likely N-dealkylation sites (tertiary alicyclic amines) is 1. The van der Waals surface area contributed by atoms with Gasteiger partial charge in [0.05, 0.1) is 22.8 Å². The molecule has 1 amide bonds. The first-order valence-corrected chi connectivity index (χ1v) is 15.1. The Balaban J connectivity index is 1.23. The lowest BCUT2D eigenvalue weighted by atomic mass is 10.0. The Morgan fingerprint density at radius 1 is 1.10 bits per heavy atom. The number of hydrogen-bond acceptors (Lipinski definition) is 8. The second-order valence-electron chi connectivity index (χ2n) is 9.41. The Kier molecular flexibility index (Phi) is 9.33. The van der Waals surface area contributed by atoms with Gasteiger partial charge in [0.15, 0.2) is 9.84 Å². The molecule has 0 atom stereocenters. The van der Waals surface area contributed by atoms with E-state index < -0.39 is 32.4 Å². The first kappa shape index (κ1) is 30.1. The fraction of sp³-hybridized carbons (Fsp3) is 0.296. The molecule has 4 rings (SSSR count). The maximum Gasteiger partial charge on any atom is 0.416 e. The van der Waals surface area contributed by atoms with E-state index in [4.69, 9.17) is 0 Å². The minimum Gasteiger partial charge on any atom is -0.382 e. The number of halogens is 3. The zero-order valence-corrected chi connectivity index (χ0v) is 23.3. The molecule has 41 heavy (non-hydrogen) atoms. The molecule has 1 fully saturated rings. The van der Waals surface area contributed by atoms with E-state index in [9.17, 15) is 36.5 Å². The van der Waals surface area contributed by atoms with Crippen LogP contribution in [0.5, 0.6) is 0 Å². The van der Waals surface area contributed by atoms with E-state index in [1.54, 1.807) is 24.4 Å². The fourth-order valence-corrected chi connectivity index (χ4v) is 6.73. The maximum absolute atomic E-state index is 12.9. The van der Waals surface area contributed by atoms with Crippen LogP contribution < -0.4 is 10.6 Å². The van der Waals surface area contributed by atoms with Crippen LogP contribution in [0.1, 0.15) is 33.6 Å². The van der Waals surface area contributed by atoms with Crippen LogP contribution >= 0.6 is 11.3 Å². The molecule has 0 bridgehead atoms. The minimum atomic E-state index is -4.40. The number of nitro groups is 1. The summed E-state index contributed by atoms with van der Waals surface area (Å²) in [5.74, 6) is -0.640. The normalized spacial score (nSPS) is 14.8. The number of carbonyl (C=O) groups excluding carboxylic acids is 1. The van der Waals surface area contributed by atoms with Crippen LogP contribution in [-0.4, -0.2) is 49.0 Å². The molecule has 14 heteroatoms. The highest BCUT2D eigenvalue weighted by atomic mass is 32.2. The third-order valence-corrected chi connectivity index (χ3v) is 9.70. The van der Waals surface area contributed by atoms with Crippen molar-refractivity contribution in [1.29, 1.82) is 0 Å². The molecule has 0 radical (unpaired) electrons. The number of piperidine rings is 1. The van der Waals surface area contributed by atoms with Crippen molar-refractivity contribution in [3.8, 4) is 0 Å². The molecule has 0 aliphatic carbocycles. The van der Waals surface area contributed by atoms with Crippen molar-refractivity contribution in [3.63, 3.8) is 0 Å². The summed E-state index contributed by atoms with van der Waals surface area (Å²) in [4.78, 5) is 25.1. The summed E-state index contributed by atoms with van der Waals surface area (Å²) in [5, 5.41) is 16.6. The van der Waals surface area contributed by atoms with Crippen molar-refractivity contribution >= 4 is 38.5 Å². The van der Waals surface area contributed by atoms with E-state index in [1.807, 2.05) is 4.90 Å². The van der Waals surface area contributed by atoms with Gasteiger partial charge in [0.25, 0.3) is 11.6 Å². The monoisotopic (exact) mass is 608 g/mol. The first-order chi connectivity index (χ1) is 19.4. The van der Waals surface area contributed by atoms with Gasteiger partial charge in [-0.05, 0) is 61.5 Å². The summed E-state index contributed by atoms with van der Waals surface area (Å²) < 4.78 is 64.6. The summed E-state index contributed by atoms with van der Waals surface area (Å²) in [5.41, 5.74) is -0.157. The second kappa shape index (κ2) is 12.7. The number of rotatable bonds is 10. The van der Waals surface area contributed by atoms with Gasteiger partial charge in [-0.2, -0.15) is 13.2 Å². The first-order valence-electron chi connectivity index (χ1n) is 12.6. The van der Waals surface area contributed by atoms with Gasteiger partial charge in [0.1, 0.15) is 4.21 Å². The third kappa shape index (κ3) is 8.30. The fourth-order valence-electron chi connectivity index (χ4n) is 4.24. The van der Waals surface area contributed by atoms with Gasteiger partial charge in [0.2, 0.25) is 0 Å². The number of anilines is 1. The standard InChI is InChI=1S/C27H27F3N4O5S2/c28-27(29,30)20-3-1-4-22(17-20)32-21-11-14-33(15-12-21)13-2-16-41(38,39)25-10-9-24(40-25)18-31-26(35)19-5-7-23(8-6-19)34(36)37/h1-10,13,17,21,32H,11-12,14-16,18H2,(H,31,35). The molecule has 3 aromatic rings. The van der Waals surface area contributed by atoms with Crippen LogP contribution in [0.2, 0.25) is 0 Å². The van der Waals surface area contributed by atoms with Gasteiger partial charge < -0.3 is 15.5 Å². The van der Waals surface area contributed by atoms with Gasteiger partial charge in [0, 0.05) is 47.4 Å². The molecule has 1 aromatic heterocycles. The summed E-state index contributed by atoms with van der Waals surface area (Å²) in [6.45, 7) is 1.37. The van der Waals surface area contributed by atoms with E-state index >= 15 is 0 Å². The van der Waals surface area contributed by atoms with Gasteiger partial charge in [-0.15, -0.1) is 11.3 Å². The molecular formula is C27H27F3N4O5S2. The number of nitrogens with one attached hydrogen (secondary N) is 2. The van der Waals surface area contributed by atoms with E-state index in [-0.39, 0.29) is 33.8 Å². The van der Waals surface area contributed by atoms with Crippen molar-refractivity contribution in [2.45, 2.75) is 35.8 Å². The van der Waals surface area contributed by atoms with Crippen molar-refractivity contribution in [2.75, 3.05) is 24.2 Å². The van der Waals surface area contributed by atoms with Crippen LogP contribution in [0, 0.1) is 10.1 Å². The van der Waals surface area contributed by atoms with Crippen LogP contribution in [0.4, 0.5) is 24.5 Å². The lowest BCUT2D eigenvalue weighted by molar-refractivity contribution is -0.384. The number of carbonyl (C=O) groups is 1. The molecule has 218 valence electrons. The number of non-ortho nitro benzene ring substituents is 1. The van der Waals surface area contributed by atoms with Crippen LogP contribution in [0.3, 0.4) is 0 Å². The van der Waals surface area contributed by atoms with E-state index in [0.29, 0.717) is 36.5 Å². The van der Waals surface area contributed by atoms with Crippen LogP contribution in [0.15, 0.2) is 77.1 Å². The van der Waals surface area contributed by atoms with E-state index in [1.165, 1.54) is 36.4 Å². The van der Waals surface area contributed by atoms with Crippen molar-refractivity contribution < 1.29 is 31.3 Å². The zero-order valence-electron chi connectivity index (χ0n) is 21.6. The summed E-state index contributed by atoms with van der Waals surface area (Å²) in [6, 6.07) is 13.4. The van der Waals surface area contributed by atoms with E-state index in [2.05, 4.69) is 10.6 Å². The Bertz CT molecular complexity index is 1510. The molecule has 1 aliphatic heterocycles. The molecule has 1 aliphatic rings. The number of hydrogen-bond donors (Lipinski definition) is 2. The Labute approximate surface area is 238 Å². The third-order valence-electron chi connectivity index (χ3n) is 6.43. The Morgan fingerprint density at radius 3 is 2.46 bits per heavy atom. The zero-order chi connectivity index (χ0) is 29.6. The van der Waals surface area contributed by atoms with Gasteiger partial charge in [-0.25, -0.2) is 8.42 Å². The number of nitro benzene ring substituents is 1. The predicted octanol–water partition coefficient (Wildman–Crippen LogP) is 5.47. The average molecular weight is 609 g/mol. The van der Waals surface area contributed by atoms with Gasteiger partial charge >= 0.3 is 6.18 Å². The van der Waals surface area contributed by atoms with Crippen LogP contribution in [0.25, 0.3) is 0 Å². The highest BCUT2D eigenvalue weighted by molar-refractivity contribution is 7.93. The van der Waals surface area contributed by atoms with Gasteiger partial charge in [-0.3, -0.25) is 14.9 Å². The molecule has 2 heterocycles. The smallest absolute Gasteiger partial charge is 0.382 e. The summed E-state index contributed by atoms with van der Waals surface area (Å²) in [6.07, 6.45) is 0.285. The lowest BCUT2D eigenvalue weighted by Gasteiger charge is -2.32. The molecule has 0 spiro atoms. The quantitative estimate of drug-likeness (QED) is 0.231. The van der Waals surface area contributed by atoms with Crippen molar-refractivity contribution in [2.24, 2.45) is 0 Å². The number of thiophene rings is 1. The number of benzene rings is 2. The number of alkyl halides is 3. The molecule has 0 saturated carbocycles. The van der Waals surface area contributed by atoms with E-state index in [0.717, 1.165) is 23.5 Å². The summed E-state index contributed by atoms with van der Waals surface area (Å²) in [7, 11) is -3.59. The maximum atomic E-state index is 12.9. The average Bonchev–Trinajstić information content (AvgIpc) is 3.43. The predicted molar refractivity (Wildman–Crippen MR) is 149 cm³/mol. The lowest BCUT2D eigenvalue weighted by Crippen LogP contribution is -2.36. The molecular weight excluding hydrogens is 581 g/mol. The molecule has 9 nitrogen and oxygen atoms in total. The molecule has 2 N–H and O–H groups in total. The van der Waals surface area contributed by atoms with Crippen molar-refractivity contribution in [1.82, 2.24) is 10.2 Å². The molecule has 2 aromatic carbocycles. The summed E-state index contributed by atoms with van der Waals surface area (Å²) >= 11 is 1.05. The Morgan fingerprint density at radius 2 is 1.80 bits per heavy atom. The van der Waals surface area contributed by atoms with Crippen LogP contribution in [-0.2, 0) is 22.6 Å². The highest BCUT2D eigenvalue weighted by Crippen LogP contribution is 2.31.